The van der Waals surface area contributed by atoms with Crippen LogP contribution in [-0.4, -0.2) is 28.5 Å². The van der Waals surface area contributed by atoms with Crippen molar-refractivity contribution in [2.75, 3.05) is 13.2 Å². The Morgan fingerprint density at radius 2 is 2.20 bits per heavy atom. The summed E-state index contributed by atoms with van der Waals surface area (Å²) in [4.78, 5) is 0. The van der Waals surface area contributed by atoms with Crippen molar-refractivity contribution in [2.24, 2.45) is 5.41 Å². The average molecular weight is 277 g/mol. The molecule has 0 aliphatic rings. The lowest BCUT2D eigenvalue weighted by Crippen LogP contribution is -2.29. The van der Waals surface area contributed by atoms with Gasteiger partial charge in [-0.25, -0.2) is 0 Å². The maximum Gasteiger partial charge on any atom is 0.152 e. The molecule has 20 heavy (non-hydrogen) atoms. The second kappa shape index (κ2) is 6.24. The van der Waals surface area contributed by atoms with Gasteiger partial charge in [0.25, 0.3) is 0 Å². The summed E-state index contributed by atoms with van der Waals surface area (Å²) in [6, 6.07) is 3.89. The van der Waals surface area contributed by atoms with E-state index in [2.05, 4.69) is 29.4 Å². The molecule has 0 aliphatic carbocycles. The molecule has 0 saturated heterocycles. The van der Waals surface area contributed by atoms with Gasteiger partial charge >= 0.3 is 0 Å². The number of hydrogen-bond acceptors (Lipinski definition) is 4. The number of aromatic nitrogens is 2. The number of furan rings is 1. The van der Waals surface area contributed by atoms with Crippen molar-refractivity contribution in [3.05, 3.63) is 29.7 Å². The molecule has 110 valence electrons. The molecule has 2 heterocycles. The molecule has 0 radical (unpaired) electrons. The summed E-state index contributed by atoms with van der Waals surface area (Å²) >= 11 is 0. The number of aryl methyl sites for hydroxylation is 1. The first kappa shape index (κ1) is 14.8. The van der Waals surface area contributed by atoms with Crippen molar-refractivity contribution < 1.29 is 9.52 Å². The third-order valence-electron chi connectivity index (χ3n) is 3.41. The van der Waals surface area contributed by atoms with Gasteiger partial charge in [-0.15, -0.1) is 0 Å². The molecular weight excluding hydrogens is 254 g/mol. The summed E-state index contributed by atoms with van der Waals surface area (Å²) in [5, 5.41) is 19.5. The minimum atomic E-state index is 0.0833. The Morgan fingerprint density at radius 3 is 2.85 bits per heavy atom. The van der Waals surface area contributed by atoms with Crippen LogP contribution in [-0.2, 0) is 6.54 Å². The Bertz CT molecular complexity index is 543. The van der Waals surface area contributed by atoms with Gasteiger partial charge in [-0.3, -0.25) is 5.10 Å². The standard InChI is InChI=1S/C15H23N3O2/c1-11-4-5-13(20-11)14-12(9-17-18-14)8-16-10-15(2,3)6-7-19/h4-5,9,16,19H,6-8,10H2,1-3H3,(H,17,18). The Balaban J connectivity index is 1.96. The number of aliphatic hydroxyl groups is 1. The summed E-state index contributed by atoms with van der Waals surface area (Å²) in [5.41, 5.74) is 2.09. The highest BCUT2D eigenvalue weighted by atomic mass is 16.3. The first-order chi connectivity index (χ1) is 9.52. The number of nitrogens with zero attached hydrogens (tertiary/aromatic N) is 1. The molecule has 5 nitrogen and oxygen atoms in total. The quantitative estimate of drug-likeness (QED) is 0.727. The highest BCUT2D eigenvalue weighted by Crippen LogP contribution is 2.24. The molecule has 0 fully saturated rings. The van der Waals surface area contributed by atoms with E-state index in [4.69, 9.17) is 9.52 Å². The summed E-state index contributed by atoms with van der Waals surface area (Å²) in [6.07, 6.45) is 2.61. The van der Waals surface area contributed by atoms with Gasteiger partial charge < -0.3 is 14.8 Å². The number of aromatic amines is 1. The van der Waals surface area contributed by atoms with E-state index in [9.17, 15) is 0 Å². The first-order valence-corrected chi connectivity index (χ1v) is 6.92. The van der Waals surface area contributed by atoms with E-state index in [-0.39, 0.29) is 12.0 Å². The normalized spacial score (nSPS) is 12.0. The average Bonchev–Trinajstić information content (AvgIpc) is 2.97. The van der Waals surface area contributed by atoms with Crippen LogP contribution in [0.15, 0.2) is 22.7 Å². The molecule has 5 heteroatoms. The van der Waals surface area contributed by atoms with Crippen molar-refractivity contribution in [3.8, 4) is 11.5 Å². The third kappa shape index (κ3) is 3.71. The Labute approximate surface area is 119 Å². The largest absolute Gasteiger partial charge is 0.460 e. The summed E-state index contributed by atoms with van der Waals surface area (Å²) in [7, 11) is 0. The summed E-state index contributed by atoms with van der Waals surface area (Å²) < 4.78 is 5.62. The zero-order chi connectivity index (χ0) is 14.6. The van der Waals surface area contributed by atoms with Gasteiger partial charge in [0.2, 0.25) is 0 Å². The lowest BCUT2D eigenvalue weighted by atomic mass is 9.90. The SMILES string of the molecule is Cc1ccc(-c2[nH]ncc2CNCC(C)(C)CCO)o1. The molecule has 0 unspecified atom stereocenters. The fourth-order valence-corrected chi connectivity index (χ4v) is 2.15. The van der Waals surface area contributed by atoms with Gasteiger partial charge in [0.15, 0.2) is 5.76 Å². The van der Waals surface area contributed by atoms with Crippen LogP contribution in [0.25, 0.3) is 11.5 Å². The maximum absolute atomic E-state index is 9.03. The lowest BCUT2D eigenvalue weighted by Gasteiger charge is -2.23. The number of nitrogens with one attached hydrogen (secondary N) is 2. The zero-order valence-electron chi connectivity index (χ0n) is 12.4. The van der Waals surface area contributed by atoms with E-state index in [1.54, 1.807) is 0 Å². The van der Waals surface area contributed by atoms with Gasteiger partial charge in [0, 0.05) is 25.3 Å². The molecule has 0 bridgehead atoms. The third-order valence-corrected chi connectivity index (χ3v) is 3.41. The van der Waals surface area contributed by atoms with Crippen LogP contribution < -0.4 is 5.32 Å². The molecule has 2 aromatic rings. The predicted molar refractivity (Wildman–Crippen MR) is 78.2 cm³/mol. The van der Waals surface area contributed by atoms with E-state index < -0.39 is 0 Å². The number of hydrogen-bond donors (Lipinski definition) is 3. The minimum absolute atomic E-state index is 0.0833. The molecular formula is C15H23N3O2. The Kier molecular flexibility index (Phi) is 4.62. The van der Waals surface area contributed by atoms with Gasteiger partial charge in [0.05, 0.1) is 6.20 Å². The first-order valence-electron chi connectivity index (χ1n) is 6.92. The highest BCUT2D eigenvalue weighted by Gasteiger charge is 2.17. The number of aliphatic hydroxyl groups excluding tert-OH is 1. The molecule has 0 amide bonds. The molecule has 0 saturated carbocycles. The molecule has 0 atom stereocenters. The van der Waals surface area contributed by atoms with Crippen molar-refractivity contribution in [2.45, 2.75) is 33.7 Å². The van der Waals surface area contributed by atoms with E-state index in [1.807, 2.05) is 25.3 Å². The van der Waals surface area contributed by atoms with Crippen LogP contribution in [0.2, 0.25) is 0 Å². The van der Waals surface area contributed by atoms with Gasteiger partial charge in [-0.2, -0.15) is 5.10 Å². The highest BCUT2D eigenvalue weighted by molar-refractivity contribution is 5.56. The smallest absolute Gasteiger partial charge is 0.152 e. The number of rotatable bonds is 7. The molecule has 0 aliphatic heterocycles. The van der Waals surface area contributed by atoms with Gasteiger partial charge in [-0.05, 0) is 30.9 Å². The van der Waals surface area contributed by atoms with Crippen molar-refractivity contribution >= 4 is 0 Å². The minimum Gasteiger partial charge on any atom is -0.460 e. The van der Waals surface area contributed by atoms with Crippen LogP contribution in [0.5, 0.6) is 0 Å². The van der Waals surface area contributed by atoms with Gasteiger partial charge in [0.1, 0.15) is 11.5 Å². The lowest BCUT2D eigenvalue weighted by molar-refractivity contribution is 0.207. The van der Waals surface area contributed by atoms with Gasteiger partial charge in [-0.1, -0.05) is 13.8 Å². The van der Waals surface area contributed by atoms with Crippen LogP contribution in [0.3, 0.4) is 0 Å². The van der Waals surface area contributed by atoms with Crippen LogP contribution >= 0.6 is 0 Å². The molecule has 0 spiro atoms. The summed E-state index contributed by atoms with van der Waals surface area (Å²) in [5.74, 6) is 1.70. The molecule has 0 aromatic carbocycles. The van der Waals surface area contributed by atoms with Crippen molar-refractivity contribution in [1.82, 2.24) is 15.5 Å². The molecule has 2 rings (SSSR count). The fraction of sp³-hybridized carbons (Fsp3) is 0.533. The fourth-order valence-electron chi connectivity index (χ4n) is 2.15. The molecule has 3 N–H and O–H groups in total. The predicted octanol–water partition coefficient (Wildman–Crippen LogP) is 2.48. The van der Waals surface area contributed by atoms with Crippen LogP contribution in [0, 0.1) is 12.3 Å². The Hall–Kier alpha value is -1.59. The maximum atomic E-state index is 9.03. The second-order valence-electron chi connectivity index (χ2n) is 5.92. The summed E-state index contributed by atoms with van der Waals surface area (Å²) in [6.45, 7) is 7.99. The second-order valence-corrected chi connectivity index (χ2v) is 5.92. The van der Waals surface area contributed by atoms with Crippen LogP contribution in [0.4, 0.5) is 0 Å². The van der Waals surface area contributed by atoms with E-state index >= 15 is 0 Å². The molecule has 2 aromatic heterocycles. The zero-order valence-corrected chi connectivity index (χ0v) is 12.4. The number of H-pyrrole nitrogens is 1. The van der Waals surface area contributed by atoms with Crippen molar-refractivity contribution in [3.63, 3.8) is 0 Å². The van der Waals surface area contributed by atoms with E-state index in [0.29, 0.717) is 0 Å². The van der Waals surface area contributed by atoms with E-state index in [0.717, 1.165) is 42.3 Å². The Morgan fingerprint density at radius 1 is 1.40 bits per heavy atom. The van der Waals surface area contributed by atoms with Crippen LogP contribution in [0.1, 0.15) is 31.6 Å². The van der Waals surface area contributed by atoms with Crippen molar-refractivity contribution in [1.29, 1.82) is 0 Å². The monoisotopic (exact) mass is 277 g/mol. The van der Waals surface area contributed by atoms with E-state index in [1.165, 1.54) is 0 Å². The topological polar surface area (TPSA) is 74.1 Å².